The minimum atomic E-state index is 0.582. The normalized spacial score (nSPS) is 10.4. The number of hydrogen-bond donors (Lipinski definition) is 1. The van der Waals surface area contributed by atoms with Crippen molar-refractivity contribution >= 4 is 0 Å². The number of ether oxygens (including phenoxy) is 1. The quantitative estimate of drug-likeness (QED) is 0.778. The number of rotatable bonds is 3. The number of benzene rings is 2. The van der Waals surface area contributed by atoms with E-state index in [1.54, 1.807) is 7.11 Å². The molecular formula is C14H12N4O. The van der Waals surface area contributed by atoms with Crippen molar-refractivity contribution in [3.8, 4) is 28.3 Å². The molecule has 94 valence electrons. The fourth-order valence-corrected chi connectivity index (χ4v) is 2.00. The summed E-state index contributed by atoms with van der Waals surface area (Å²) in [5, 5.41) is 14.2. The van der Waals surface area contributed by atoms with Gasteiger partial charge < -0.3 is 4.74 Å². The Balaban J connectivity index is 2.15. The molecule has 2 aromatic carbocycles. The van der Waals surface area contributed by atoms with E-state index >= 15 is 0 Å². The maximum atomic E-state index is 5.26. The molecule has 1 heterocycles. The van der Waals surface area contributed by atoms with Crippen molar-refractivity contribution < 1.29 is 4.74 Å². The number of methoxy groups -OCH3 is 1. The zero-order valence-corrected chi connectivity index (χ0v) is 10.4. The lowest BCUT2D eigenvalue weighted by molar-refractivity contribution is 0.415. The summed E-state index contributed by atoms with van der Waals surface area (Å²) in [6.07, 6.45) is 0. The number of hydrogen-bond acceptors (Lipinski definition) is 4. The van der Waals surface area contributed by atoms with Gasteiger partial charge in [-0.15, -0.1) is 10.2 Å². The van der Waals surface area contributed by atoms with Crippen LogP contribution in [-0.4, -0.2) is 27.7 Å². The third kappa shape index (κ3) is 2.18. The molecule has 0 unspecified atom stereocenters. The van der Waals surface area contributed by atoms with Crippen LogP contribution in [0.4, 0.5) is 0 Å². The highest BCUT2D eigenvalue weighted by atomic mass is 16.5. The fourth-order valence-electron chi connectivity index (χ4n) is 2.00. The average Bonchev–Trinajstić information content (AvgIpc) is 3.01. The second kappa shape index (κ2) is 4.89. The number of nitrogens with one attached hydrogen (secondary N) is 1. The van der Waals surface area contributed by atoms with Crippen LogP contribution in [0, 0.1) is 0 Å². The highest BCUT2D eigenvalue weighted by molar-refractivity contribution is 5.80. The van der Waals surface area contributed by atoms with E-state index in [-0.39, 0.29) is 0 Å². The summed E-state index contributed by atoms with van der Waals surface area (Å²) in [7, 11) is 1.66. The number of nitrogens with zero attached hydrogens (tertiary/aromatic N) is 3. The Morgan fingerprint density at radius 2 is 1.84 bits per heavy atom. The molecule has 0 fully saturated rings. The minimum absolute atomic E-state index is 0.582. The van der Waals surface area contributed by atoms with Crippen molar-refractivity contribution in [2.75, 3.05) is 7.11 Å². The van der Waals surface area contributed by atoms with Gasteiger partial charge in [-0.25, -0.2) is 0 Å². The second-order valence-electron chi connectivity index (χ2n) is 4.01. The van der Waals surface area contributed by atoms with Crippen molar-refractivity contribution in [2.45, 2.75) is 0 Å². The molecule has 19 heavy (non-hydrogen) atoms. The largest absolute Gasteiger partial charge is 0.497 e. The summed E-state index contributed by atoms with van der Waals surface area (Å²) in [4.78, 5) is 0. The number of H-pyrrole nitrogens is 1. The Bertz CT molecular complexity index is 679. The summed E-state index contributed by atoms with van der Waals surface area (Å²) in [6.45, 7) is 0. The smallest absolute Gasteiger partial charge is 0.205 e. The van der Waals surface area contributed by atoms with Crippen LogP contribution in [0.2, 0.25) is 0 Å². The monoisotopic (exact) mass is 252 g/mol. The molecule has 3 rings (SSSR count). The van der Waals surface area contributed by atoms with E-state index < -0.39 is 0 Å². The van der Waals surface area contributed by atoms with Gasteiger partial charge in [0.05, 0.1) is 7.11 Å². The summed E-state index contributed by atoms with van der Waals surface area (Å²) in [5.74, 6) is 1.40. The molecule has 0 aliphatic heterocycles. The molecule has 5 nitrogen and oxygen atoms in total. The molecule has 0 radical (unpaired) electrons. The second-order valence-corrected chi connectivity index (χ2v) is 4.01. The van der Waals surface area contributed by atoms with E-state index in [1.165, 1.54) is 0 Å². The molecule has 0 amide bonds. The topological polar surface area (TPSA) is 63.7 Å². The van der Waals surface area contributed by atoms with Crippen LogP contribution in [-0.2, 0) is 0 Å². The molecule has 0 saturated heterocycles. The predicted octanol–water partition coefficient (Wildman–Crippen LogP) is 2.54. The van der Waals surface area contributed by atoms with Crippen molar-refractivity contribution in [3.63, 3.8) is 0 Å². The Hall–Kier alpha value is -2.69. The Morgan fingerprint density at radius 3 is 2.58 bits per heavy atom. The van der Waals surface area contributed by atoms with Crippen LogP contribution < -0.4 is 4.74 Å². The summed E-state index contributed by atoms with van der Waals surface area (Å²) in [6, 6.07) is 15.8. The first-order valence-corrected chi connectivity index (χ1v) is 5.86. The zero-order valence-electron chi connectivity index (χ0n) is 10.4. The van der Waals surface area contributed by atoms with Crippen molar-refractivity contribution in [3.05, 3.63) is 48.5 Å². The third-order valence-corrected chi connectivity index (χ3v) is 2.89. The van der Waals surface area contributed by atoms with Crippen molar-refractivity contribution in [1.82, 2.24) is 20.6 Å². The molecule has 0 bridgehead atoms. The van der Waals surface area contributed by atoms with Gasteiger partial charge in [0.25, 0.3) is 0 Å². The van der Waals surface area contributed by atoms with Crippen molar-refractivity contribution in [2.24, 2.45) is 0 Å². The maximum Gasteiger partial charge on any atom is 0.205 e. The number of aromatic amines is 1. The number of aromatic nitrogens is 4. The van der Waals surface area contributed by atoms with Crippen LogP contribution >= 0.6 is 0 Å². The fraction of sp³-hybridized carbons (Fsp3) is 0.0714. The zero-order chi connectivity index (χ0) is 13.1. The van der Waals surface area contributed by atoms with Gasteiger partial charge in [0.2, 0.25) is 5.82 Å². The van der Waals surface area contributed by atoms with Crippen LogP contribution in [0.5, 0.6) is 5.75 Å². The number of tetrazole rings is 1. The van der Waals surface area contributed by atoms with Gasteiger partial charge in [-0.05, 0) is 28.5 Å². The van der Waals surface area contributed by atoms with Gasteiger partial charge in [0, 0.05) is 5.56 Å². The lowest BCUT2D eigenvalue weighted by atomic mass is 9.99. The maximum absolute atomic E-state index is 5.26. The molecule has 0 aliphatic carbocycles. The average molecular weight is 252 g/mol. The molecule has 0 spiro atoms. The van der Waals surface area contributed by atoms with E-state index in [9.17, 15) is 0 Å². The Kier molecular flexibility index (Phi) is 2.94. The van der Waals surface area contributed by atoms with Crippen LogP contribution in [0.3, 0.4) is 0 Å². The van der Waals surface area contributed by atoms with E-state index in [0.717, 1.165) is 22.4 Å². The highest BCUT2D eigenvalue weighted by Gasteiger charge is 2.10. The Labute approximate surface area is 110 Å². The highest BCUT2D eigenvalue weighted by Crippen LogP contribution is 2.31. The first-order valence-electron chi connectivity index (χ1n) is 5.86. The molecule has 0 aliphatic rings. The van der Waals surface area contributed by atoms with E-state index in [1.807, 2.05) is 48.5 Å². The minimum Gasteiger partial charge on any atom is -0.497 e. The van der Waals surface area contributed by atoms with E-state index in [0.29, 0.717) is 5.82 Å². The Morgan fingerprint density at radius 1 is 1.00 bits per heavy atom. The van der Waals surface area contributed by atoms with Gasteiger partial charge in [0.15, 0.2) is 0 Å². The van der Waals surface area contributed by atoms with E-state index in [2.05, 4.69) is 20.6 Å². The lowest BCUT2D eigenvalue weighted by Crippen LogP contribution is -1.88. The predicted molar refractivity (Wildman–Crippen MR) is 71.6 cm³/mol. The molecule has 5 heteroatoms. The van der Waals surface area contributed by atoms with E-state index in [4.69, 9.17) is 4.74 Å². The van der Waals surface area contributed by atoms with Gasteiger partial charge in [0.1, 0.15) is 5.75 Å². The van der Waals surface area contributed by atoms with Crippen molar-refractivity contribution in [1.29, 1.82) is 0 Å². The molecule has 1 aromatic heterocycles. The molecule has 3 aromatic rings. The first-order chi connectivity index (χ1) is 9.38. The third-order valence-electron chi connectivity index (χ3n) is 2.89. The summed E-state index contributed by atoms with van der Waals surface area (Å²) < 4.78 is 5.26. The lowest BCUT2D eigenvalue weighted by Gasteiger charge is -2.08. The summed E-state index contributed by atoms with van der Waals surface area (Å²) >= 11 is 0. The van der Waals surface area contributed by atoms with Crippen LogP contribution in [0.25, 0.3) is 22.5 Å². The first kappa shape index (κ1) is 11.4. The standard InChI is InChI=1S/C14H12N4O/c1-19-11-6-4-5-10(9-11)12-7-2-3-8-13(12)14-15-17-18-16-14/h2-9H,1H3,(H,15,16,17,18). The van der Waals surface area contributed by atoms with Gasteiger partial charge in [-0.3, -0.25) is 0 Å². The van der Waals surface area contributed by atoms with Gasteiger partial charge in [-0.1, -0.05) is 36.4 Å². The van der Waals surface area contributed by atoms with Crippen LogP contribution in [0.15, 0.2) is 48.5 Å². The SMILES string of the molecule is COc1cccc(-c2ccccc2-c2nn[nH]n2)c1. The van der Waals surface area contributed by atoms with Gasteiger partial charge in [-0.2, -0.15) is 5.21 Å². The molecule has 0 saturated carbocycles. The molecule has 1 N–H and O–H groups in total. The molecule has 0 atom stereocenters. The molecular weight excluding hydrogens is 240 g/mol. The summed E-state index contributed by atoms with van der Waals surface area (Å²) in [5.41, 5.74) is 3.03. The van der Waals surface area contributed by atoms with Crippen LogP contribution in [0.1, 0.15) is 0 Å². The van der Waals surface area contributed by atoms with Gasteiger partial charge >= 0.3 is 0 Å².